The number of fused-ring (bicyclic) bond motifs is 1. The van der Waals surface area contributed by atoms with Gasteiger partial charge in [-0.25, -0.2) is 9.18 Å². The van der Waals surface area contributed by atoms with Crippen LogP contribution < -0.4 is 5.32 Å². The number of carboxylic acid groups (broad SMARTS) is 1. The Morgan fingerprint density at radius 1 is 0.804 bits per heavy atom. The fourth-order valence-corrected chi connectivity index (χ4v) is 5.32. The van der Waals surface area contributed by atoms with Gasteiger partial charge in [-0.2, -0.15) is 13.2 Å². The molecule has 6 nitrogen and oxygen atoms in total. The molecule has 0 saturated heterocycles. The summed E-state index contributed by atoms with van der Waals surface area (Å²) in [5, 5.41) is 12.6. The highest BCUT2D eigenvalue weighted by atomic mass is 19.4. The van der Waals surface area contributed by atoms with Crippen molar-refractivity contribution in [2.75, 3.05) is 0 Å². The molecular weight excluding hydrogens is 598 g/mol. The van der Waals surface area contributed by atoms with Gasteiger partial charge in [-0.05, 0) is 88.0 Å². The molecule has 0 radical (unpaired) electrons. The zero-order valence-electron chi connectivity index (χ0n) is 24.1. The van der Waals surface area contributed by atoms with Crippen LogP contribution in [0.4, 0.5) is 17.6 Å². The molecule has 0 bridgehead atoms. The first kappa shape index (κ1) is 30.3. The molecule has 0 spiro atoms. The van der Waals surface area contributed by atoms with Crippen molar-refractivity contribution in [1.29, 1.82) is 0 Å². The second kappa shape index (κ2) is 12.3. The minimum atomic E-state index is -4.76. The van der Waals surface area contributed by atoms with Gasteiger partial charge in [0.25, 0.3) is 5.91 Å². The minimum absolute atomic E-state index is 0.0220. The van der Waals surface area contributed by atoms with Gasteiger partial charge in [0.2, 0.25) is 0 Å². The number of carbonyl (C=O) groups is 2. The van der Waals surface area contributed by atoms with Gasteiger partial charge in [0, 0.05) is 37.1 Å². The van der Waals surface area contributed by atoms with Gasteiger partial charge in [-0.15, -0.1) is 0 Å². The number of hydrogen-bond donors (Lipinski definition) is 2. The van der Waals surface area contributed by atoms with E-state index >= 15 is 0 Å². The number of halogens is 4. The van der Waals surface area contributed by atoms with Crippen LogP contribution in [-0.2, 0) is 19.3 Å². The van der Waals surface area contributed by atoms with Crippen molar-refractivity contribution in [2.45, 2.75) is 19.3 Å². The van der Waals surface area contributed by atoms with Gasteiger partial charge in [0.1, 0.15) is 5.82 Å². The second-order valence-electron chi connectivity index (χ2n) is 10.8. The van der Waals surface area contributed by atoms with Crippen LogP contribution in [0.3, 0.4) is 0 Å². The van der Waals surface area contributed by atoms with Crippen LogP contribution in [0.1, 0.15) is 37.4 Å². The van der Waals surface area contributed by atoms with E-state index in [1.807, 2.05) is 41.0 Å². The number of rotatable bonds is 8. The molecule has 0 fully saturated rings. The van der Waals surface area contributed by atoms with Crippen LogP contribution in [0.15, 0.2) is 116 Å². The highest BCUT2D eigenvalue weighted by Crippen LogP contribution is 2.35. The fraction of sp³-hybridized carbons (Fsp3) is 0.0833. The van der Waals surface area contributed by atoms with Crippen molar-refractivity contribution in [3.05, 3.63) is 149 Å². The van der Waals surface area contributed by atoms with Crippen molar-refractivity contribution < 1.29 is 32.3 Å². The number of nitrogens with one attached hydrogen (secondary N) is 1. The maximum absolute atomic E-state index is 14.4. The lowest BCUT2D eigenvalue weighted by Crippen LogP contribution is -2.23. The first-order valence-corrected chi connectivity index (χ1v) is 14.2. The van der Waals surface area contributed by atoms with Crippen molar-refractivity contribution in [2.24, 2.45) is 0 Å². The number of alkyl halides is 3. The van der Waals surface area contributed by atoms with Gasteiger partial charge >= 0.3 is 12.1 Å². The smallest absolute Gasteiger partial charge is 0.416 e. The van der Waals surface area contributed by atoms with Gasteiger partial charge in [-0.1, -0.05) is 42.5 Å². The summed E-state index contributed by atoms with van der Waals surface area (Å²) in [6.45, 7) is 0.463. The Morgan fingerprint density at radius 2 is 1.52 bits per heavy atom. The number of carboxylic acids is 1. The van der Waals surface area contributed by atoms with Crippen LogP contribution in [0.5, 0.6) is 0 Å². The molecule has 1 amide bonds. The number of aromatic nitrogens is 2. The maximum atomic E-state index is 14.4. The summed E-state index contributed by atoms with van der Waals surface area (Å²) in [4.78, 5) is 29.1. The summed E-state index contributed by atoms with van der Waals surface area (Å²) < 4.78 is 56.8. The summed E-state index contributed by atoms with van der Waals surface area (Å²) in [5.41, 5.74) is 3.47. The van der Waals surface area contributed by atoms with Crippen molar-refractivity contribution in [3.63, 3.8) is 0 Å². The topological polar surface area (TPSA) is 84.2 Å². The molecule has 0 saturated carbocycles. The number of nitrogens with zero attached hydrogens (tertiary/aromatic N) is 2. The van der Waals surface area contributed by atoms with E-state index < -0.39 is 29.4 Å². The number of benzene rings is 4. The third kappa shape index (κ3) is 6.51. The molecule has 2 N–H and O–H groups in total. The number of pyridine rings is 1. The predicted molar refractivity (Wildman–Crippen MR) is 166 cm³/mol. The third-order valence-electron chi connectivity index (χ3n) is 7.62. The van der Waals surface area contributed by atoms with Crippen molar-refractivity contribution >= 4 is 22.8 Å². The SMILES string of the molecule is O=C(O)c1ccc(CNC(=O)c2cc(-c3cc(F)cc(C(F)(F)F)c3)cc3ccn(Cc4ccc(-c5cccnc5)cc4)c23)cc1. The highest BCUT2D eigenvalue weighted by Gasteiger charge is 2.31. The van der Waals surface area contributed by atoms with Crippen LogP contribution in [-0.4, -0.2) is 26.5 Å². The molecule has 0 aliphatic heterocycles. The van der Waals surface area contributed by atoms with Crippen molar-refractivity contribution in [1.82, 2.24) is 14.9 Å². The summed E-state index contributed by atoms with van der Waals surface area (Å²) in [7, 11) is 0. The van der Waals surface area contributed by atoms with Crippen LogP contribution in [0.25, 0.3) is 33.2 Å². The molecule has 0 aliphatic carbocycles. The van der Waals surface area contributed by atoms with E-state index in [-0.39, 0.29) is 28.8 Å². The maximum Gasteiger partial charge on any atom is 0.416 e. The Bertz CT molecular complexity index is 2050. The lowest BCUT2D eigenvalue weighted by Gasteiger charge is -2.14. The van der Waals surface area contributed by atoms with Crippen LogP contribution >= 0.6 is 0 Å². The molecule has 2 heterocycles. The molecule has 2 aromatic heterocycles. The van der Waals surface area contributed by atoms with Crippen LogP contribution in [0, 0.1) is 5.82 Å². The van der Waals surface area contributed by atoms with Crippen molar-refractivity contribution in [3.8, 4) is 22.3 Å². The number of carbonyl (C=O) groups excluding carboxylic acids is 1. The largest absolute Gasteiger partial charge is 0.478 e. The van der Waals surface area contributed by atoms with E-state index in [1.165, 1.54) is 18.2 Å². The second-order valence-corrected chi connectivity index (χ2v) is 10.8. The van der Waals surface area contributed by atoms with Gasteiger partial charge in [-0.3, -0.25) is 9.78 Å². The molecule has 10 heteroatoms. The molecule has 46 heavy (non-hydrogen) atoms. The van der Waals surface area contributed by atoms with E-state index in [0.717, 1.165) is 28.8 Å². The lowest BCUT2D eigenvalue weighted by atomic mass is 9.98. The summed E-state index contributed by atoms with van der Waals surface area (Å²) in [5.74, 6) is -2.63. The Hall–Kier alpha value is -5.77. The van der Waals surface area contributed by atoms with E-state index in [2.05, 4.69) is 10.3 Å². The highest BCUT2D eigenvalue weighted by molar-refractivity contribution is 6.08. The average Bonchev–Trinajstić information content (AvgIpc) is 3.46. The molecule has 6 aromatic rings. The average molecular weight is 624 g/mol. The molecule has 0 atom stereocenters. The fourth-order valence-electron chi connectivity index (χ4n) is 5.32. The molecule has 4 aromatic carbocycles. The minimum Gasteiger partial charge on any atom is -0.478 e. The first-order valence-electron chi connectivity index (χ1n) is 14.2. The Morgan fingerprint density at radius 3 is 2.20 bits per heavy atom. The monoisotopic (exact) mass is 623 g/mol. The van der Waals surface area contributed by atoms with Gasteiger partial charge in [0.15, 0.2) is 0 Å². The standard InChI is InChI=1S/C36H25F4N3O3/c37-31-16-29(15-30(18-31)36(38,39)40)28-14-26-11-13-43(21-23-5-7-24(8-6-23)27-2-1-12-41-20-27)33(26)32(17-28)34(44)42-19-22-3-9-25(10-4-22)35(45)46/h1-18,20H,19,21H2,(H,42,44)(H,45,46). The van der Waals surface area contributed by atoms with E-state index in [0.29, 0.717) is 29.1 Å². The summed E-state index contributed by atoms with van der Waals surface area (Å²) >= 11 is 0. The first-order chi connectivity index (χ1) is 22.0. The Labute approximate surface area is 260 Å². The Kier molecular flexibility index (Phi) is 8.10. The Balaban J connectivity index is 1.37. The van der Waals surface area contributed by atoms with Gasteiger partial charge < -0.3 is 15.0 Å². The normalized spacial score (nSPS) is 11.5. The van der Waals surface area contributed by atoms with Gasteiger partial charge in [0.05, 0.1) is 22.2 Å². The van der Waals surface area contributed by atoms with Crippen LogP contribution in [0.2, 0.25) is 0 Å². The number of aromatic carboxylic acids is 1. The van der Waals surface area contributed by atoms with E-state index in [4.69, 9.17) is 5.11 Å². The molecule has 0 unspecified atom stereocenters. The quantitative estimate of drug-likeness (QED) is 0.168. The number of hydrogen-bond acceptors (Lipinski definition) is 3. The zero-order chi connectivity index (χ0) is 32.4. The third-order valence-corrected chi connectivity index (χ3v) is 7.62. The molecule has 0 aliphatic rings. The summed E-state index contributed by atoms with van der Waals surface area (Å²) in [6.07, 6.45) is 0.505. The molecule has 6 rings (SSSR count). The number of amides is 1. The van der Waals surface area contributed by atoms with E-state index in [9.17, 15) is 27.2 Å². The zero-order valence-corrected chi connectivity index (χ0v) is 24.1. The van der Waals surface area contributed by atoms with E-state index in [1.54, 1.807) is 42.9 Å². The lowest BCUT2D eigenvalue weighted by molar-refractivity contribution is -0.137. The molecular formula is C36H25F4N3O3. The molecule has 230 valence electrons. The summed E-state index contributed by atoms with van der Waals surface area (Å²) in [6, 6.07) is 24.9. The predicted octanol–water partition coefficient (Wildman–Crippen LogP) is 8.20.